The van der Waals surface area contributed by atoms with Gasteiger partial charge in [0.1, 0.15) is 12.6 Å². The molecule has 0 saturated carbocycles. The lowest BCUT2D eigenvalue weighted by molar-refractivity contribution is -0.140. The molecule has 7 nitrogen and oxygen atoms in total. The van der Waals surface area contributed by atoms with Gasteiger partial charge in [-0.15, -0.1) is 0 Å². The number of amides is 2. The molecule has 1 N–H and O–H groups in total. The first-order chi connectivity index (χ1) is 19.7. The van der Waals surface area contributed by atoms with Crippen LogP contribution in [0.4, 0.5) is 5.69 Å². The van der Waals surface area contributed by atoms with E-state index in [9.17, 15) is 18.0 Å². The predicted molar refractivity (Wildman–Crippen MR) is 171 cm³/mol. The number of carbonyl (C=O) groups is 2. The van der Waals surface area contributed by atoms with Crippen molar-refractivity contribution in [3.8, 4) is 0 Å². The van der Waals surface area contributed by atoms with Gasteiger partial charge in [-0.3, -0.25) is 13.9 Å². The maximum Gasteiger partial charge on any atom is 0.264 e. The van der Waals surface area contributed by atoms with Gasteiger partial charge in [0, 0.05) is 13.1 Å². The number of benzene rings is 3. The molecule has 0 aromatic heterocycles. The molecule has 0 heterocycles. The van der Waals surface area contributed by atoms with Crippen molar-refractivity contribution in [1.82, 2.24) is 10.2 Å². The largest absolute Gasteiger partial charge is 0.354 e. The van der Waals surface area contributed by atoms with E-state index in [0.717, 1.165) is 21.0 Å². The molecule has 0 fully saturated rings. The second-order valence-electron chi connectivity index (χ2n) is 10.9. The minimum Gasteiger partial charge on any atom is -0.354 e. The Kier molecular flexibility index (Phi) is 11.5. The Morgan fingerprint density at radius 3 is 2.12 bits per heavy atom. The second-order valence-corrected chi connectivity index (χ2v) is 13.6. The Hall–Kier alpha value is -3.07. The maximum absolute atomic E-state index is 14.2. The zero-order chi connectivity index (χ0) is 31.2. The predicted octanol–water partition coefficient (Wildman–Crippen LogP) is 6.69. The van der Waals surface area contributed by atoms with Gasteiger partial charge in [-0.05, 0) is 86.2 Å². The molecular weight excluding hydrogens is 593 g/mol. The summed E-state index contributed by atoms with van der Waals surface area (Å²) >= 11 is 12.4. The molecule has 0 aliphatic rings. The number of hydrogen-bond donors (Lipinski definition) is 1. The average Bonchev–Trinajstić information content (AvgIpc) is 2.94. The number of hydrogen-bond acceptors (Lipinski definition) is 4. The van der Waals surface area contributed by atoms with Gasteiger partial charge in [0.05, 0.1) is 20.6 Å². The fourth-order valence-corrected chi connectivity index (χ4v) is 6.15. The molecule has 0 radical (unpaired) electrons. The molecule has 0 aliphatic heterocycles. The van der Waals surface area contributed by atoms with Crippen molar-refractivity contribution in [2.45, 2.75) is 65.4 Å². The molecule has 2 amide bonds. The van der Waals surface area contributed by atoms with Crippen LogP contribution in [0.15, 0.2) is 65.6 Å². The van der Waals surface area contributed by atoms with Crippen LogP contribution >= 0.6 is 23.2 Å². The minimum atomic E-state index is -4.14. The Morgan fingerprint density at radius 2 is 1.55 bits per heavy atom. The lowest BCUT2D eigenvalue weighted by Crippen LogP contribution is -2.52. The Labute approximate surface area is 259 Å². The van der Waals surface area contributed by atoms with Crippen LogP contribution in [0.5, 0.6) is 0 Å². The van der Waals surface area contributed by atoms with Gasteiger partial charge in [0.2, 0.25) is 11.8 Å². The molecule has 0 saturated heterocycles. The van der Waals surface area contributed by atoms with Crippen molar-refractivity contribution in [2.75, 3.05) is 17.4 Å². The third-order valence-electron chi connectivity index (χ3n) is 7.07. The zero-order valence-corrected chi connectivity index (χ0v) is 27.3. The van der Waals surface area contributed by atoms with Crippen molar-refractivity contribution >= 4 is 50.7 Å². The number of nitrogens with zero attached hydrogens (tertiary/aromatic N) is 2. The lowest BCUT2D eigenvalue weighted by atomic mass is 10.1. The summed E-state index contributed by atoms with van der Waals surface area (Å²) in [5.41, 5.74) is 3.81. The fourth-order valence-electron chi connectivity index (χ4n) is 4.42. The molecule has 1 atom stereocenters. The van der Waals surface area contributed by atoms with Gasteiger partial charge in [-0.1, -0.05) is 73.8 Å². The lowest BCUT2D eigenvalue weighted by Gasteiger charge is -2.33. The van der Waals surface area contributed by atoms with Crippen molar-refractivity contribution in [2.24, 2.45) is 5.92 Å². The van der Waals surface area contributed by atoms with Gasteiger partial charge in [0.25, 0.3) is 10.0 Å². The first-order valence-electron chi connectivity index (χ1n) is 13.9. The van der Waals surface area contributed by atoms with Crippen LogP contribution in [0.1, 0.15) is 49.4 Å². The topological polar surface area (TPSA) is 86.8 Å². The van der Waals surface area contributed by atoms with E-state index in [0.29, 0.717) is 34.3 Å². The minimum absolute atomic E-state index is 0.0364. The van der Waals surface area contributed by atoms with Gasteiger partial charge in [-0.25, -0.2) is 8.42 Å². The van der Waals surface area contributed by atoms with E-state index in [1.807, 2.05) is 47.6 Å². The van der Waals surface area contributed by atoms with E-state index >= 15 is 0 Å². The van der Waals surface area contributed by atoms with Gasteiger partial charge in [0.15, 0.2) is 0 Å². The molecule has 0 bridgehead atoms. The molecule has 1 unspecified atom stereocenters. The molecule has 10 heteroatoms. The zero-order valence-electron chi connectivity index (χ0n) is 24.9. The Bertz CT molecular complexity index is 1530. The highest BCUT2D eigenvalue weighted by atomic mass is 35.5. The van der Waals surface area contributed by atoms with Crippen LogP contribution in [-0.2, 0) is 26.2 Å². The summed E-state index contributed by atoms with van der Waals surface area (Å²) in [7, 11) is -4.14. The van der Waals surface area contributed by atoms with Gasteiger partial charge in [-0.2, -0.15) is 0 Å². The molecule has 3 rings (SSSR count). The smallest absolute Gasteiger partial charge is 0.264 e. The molecule has 0 spiro atoms. The van der Waals surface area contributed by atoms with Crippen LogP contribution in [0.25, 0.3) is 0 Å². The van der Waals surface area contributed by atoms with Crippen molar-refractivity contribution < 1.29 is 18.0 Å². The standard InChI is InChI=1S/C32H39Cl2N3O4S/c1-7-30(32(39)35-18-21(2)3)36(19-25-11-15-28(33)29(34)17-25)31(38)20-37(26-12-10-23(5)24(6)16-26)42(40,41)27-13-8-22(4)9-14-27/h8-17,21,30H,7,18-20H2,1-6H3,(H,35,39). The Morgan fingerprint density at radius 1 is 0.881 bits per heavy atom. The van der Waals surface area contributed by atoms with Crippen LogP contribution in [0.3, 0.4) is 0 Å². The highest BCUT2D eigenvalue weighted by Crippen LogP contribution is 2.28. The number of anilines is 1. The SMILES string of the molecule is CCC(C(=O)NCC(C)C)N(Cc1ccc(Cl)c(Cl)c1)C(=O)CN(c1ccc(C)c(C)c1)S(=O)(=O)c1ccc(C)cc1. The van der Waals surface area contributed by atoms with Crippen molar-refractivity contribution in [1.29, 1.82) is 0 Å². The van der Waals surface area contributed by atoms with Gasteiger partial charge < -0.3 is 10.2 Å². The van der Waals surface area contributed by atoms with Crippen molar-refractivity contribution in [3.05, 3.63) is 93.0 Å². The first kappa shape index (κ1) is 33.4. The quantitative estimate of drug-likeness (QED) is 0.241. The molecule has 3 aromatic carbocycles. The summed E-state index contributed by atoms with van der Waals surface area (Å²) < 4.78 is 29.2. The van der Waals surface area contributed by atoms with E-state index in [4.69, 9.17) is 23.2 Å². The van der Waals surface area contributed by atoms with E-state index < -0.39 is 28.5 Å². The highest BCUT2D eigenvalue weighted by molar-refractivity contribution is 7.92. The summed E-state index contributed by atoms with van der Waals surface area (Å²) in [5, 5.41) is 3.61. The number of nitrogens with one attached hydrogen (secondary N) is 1. The number of aryl methyl sites for hydroxylation is 3. The summed E-state index contributed by atoms with van der Waals surface area (Å²) in [5.74, 6) is -0.620. The molecule has 42 heavy (non-hydrogen) atoms. The second kappa shape index (κ2) is 14.4. The van der Waals surface area contributed by atoms with E-state index in [1.165, 1.54) is 17.0 Å². The van der Waals surface area contributed by atoms with Crippen LogP contribution < -0.4 is 9.62 Å². The summed E-state index contributed by atoms with van der Waals surface area (Å²) in [6, 6.07) is 15.9. The molecule has 226 valence electrons. The normalized spacial score (nSPS) is 12.2. The average molecular weight is 633 g/mol. The summed E-state index contributed by atoms with van der Waals surface area (Å²) in [6.07, 6.45) is 0.325. The Balaban J connectivity index is 2.09. The monoisotopic (exact) mass is 631 g/mol. The van der Waals surface area contributed by atoms with Crippen LogP contribution in [-0.4, -0.2) is 44.3 Å². The third kappa shape index (κ3) is 8.27. The van der Waals surface area contributed by atoms with Crippen LogP contribution in [0, 0.1) is 26.7 Å². The molecule has 0 aliphatic carbocycles. The maximum atomic E-state index is 14.2. The third-order valence-corrected chi connectivity index (χ3v) is 9.60. The van der Waals surface area contributed by atoms with Crippen LogP contribution in [0.2, 0.25) is 10.0 Å². The number of sulfonamides is 1. The number of carbonyl (C=O) groups excluding carboxylic acids is 2. The summed E-state index contributed by atoms with van der Waals surface area (Å²) in [4.78, 5) is 29.0. The number of halogens is 2. The number of rotatable bonds is 12. The van der Waals surface area contributed by atoms with Crippen molar-refractivity contribution in [3.63, 3.8) is 0 Å². The molecule has 3 aromatic rings. The summed E-state index contributed by atoms with van der Waals surface area (Å²) in [6.45, 7) is 11.5. The first-order valence-corrected chi connectivity index (χ1v) is 16.1. The highest BCUT2D eigenvalue weighted by Gasteiger charge is 2.34. The van der Waals surface area contributed by atoms with E-state index in [-0.39, 0.29) is 23.3 Å². The van der Waals surface area contributed by atoms with E-state index in [1.54, 1.807) is 42.5 Å². The van der Waals surface area contributed by atoms with E-state index in [2.05, 4.69) is 5.32 Å². The fraction of sp³-hybridized carbons (Fsp3) is 0.375. The molecular formula is C32H39Cl2N3O4S. The van der Waals surface area contributed by atoms with Gasteiger partial charge >= 0.3 is 0 Å².